The molecule has 0 amide bonds. The van der Waals surface area contributed by atoms with Gasteiger partial charge in [-0.1, -0.05) is 30.4 Å². The molecule has 1 aromatic carbocycles. The molecule has 0 bridgehead atoms. The molecule has 2 N–H and O–H groups in total. The van der Waals surface area contributed by atoms with Crippen molar-refractivity contribution in [1.29, 1.82) is 0 Å². The van der Waals surface area contributed by atoms with Gasteiger partial charge in [0.25, 0.3) is 0 Å². The van der Waals surface area contributed by atoms with Gasteiger partial charge in [0.1, 0.15) is 0 Å². The smallest absolute Gasteiger partial charge is 0.333 e. The SMILES string of the molecule is O=C(O)C1=CC=CC2c3ccccc3NC12. The molecule has 3 nitrogen and oxygen atoms in total. The Morgan fingerprint density at radius 2 is 2.12 bits per heavy atom. The van der Waals surface area contributed by atoms with E-state index in [4.69, 9.17) is 5.11 Å². The Hall–Kier alpha value is -2.03. The van der Waals surface area contributed by atoms with E-state index in [1.165, 1.54) is 5.56 Å². The Kier molecular flexibility index (Phi) is 1.86. The van der Waals surface area contributed by atoms with Gasteiger partial charge in [-0.15, -0.1) is 0 Å². The van der Waals surface area contributed by atoms with Gasteiger partial charge in [0, 0.05) is 11.6 Å². The summed E-state index contributed by atoms with van der Waals surface area (Å²) in [5.41, 5.74) is 2.65. The zero-order chi connectivity index (χ0) is 11.1. The summed E-state index contributed by atoms with van der Waals surface area (Å²) in [6.07, 6.45) is 5.55. The van der Waals surface area contributed by atoms with E-state index < -0.39 is 5.97 Å². The summed E-state index contributed by atoms with van der Waals surface area (Å²) in [5, 5.41) is 12.4. The summed E-state index contributed by atoms with van der Waals surface area (Å²) in [4.78, 5) is 11.1. The molecule has 1 heterocycles. The van der Waals surface area contributed by atoms with Crippen molar-refractivity contribution < 1.29 is 9.90 Å². The van der Waals surface area contributed by atoms with Crippen LogP contribution in [0.2, 0.25) is 0 Å². The number of para-hydroxylation sites is 1. The van der Waals surface area contributed by atoms with Crippen LogP contribution in [0.5, 0.6) is 0 Å². The second kappa shape index (κ2) is 3.23. The fourth-order valence-corrected chi connectivity index (χ4v) is 2.43. The average molecular weight is 213 g/mol. The molecule has 2 unspecified atom stereocenters. The van der Waals surface area contributed by atoms with E-state index in [2.05, 4.69) is 11.4 Å². The molecule has 0 saturated carbocycles. The van der Waals surface area contributed by atoms with Crippen molar-refractivity contribution in [2.24, 2.45) is 0 Å². The van der Waals surface area contributed by atoms with Gasteiger partial charge in [-0.05, 0) is 17.7 Å². The molecule has 1 aromatic rings. The first-order valence-corrected chi connectivity index (χ1v) is 5.24. The van der Waals surface area contributed by atoms with Gasteiger partial charge in [0.2, 0.25) is 0 Å². The maximum atomic E-state index is 11.1. The molecule has 0 fully saturated rings. The van der Waals surface area contributed by atoms with Crippen LogP contribution in [0.25, 0.3) is 0 Å². The van der Waals surface area contributed by atoms with Gasteiger partial charge < -0.3 is 10.4 Å². The van der Waals surface area contributed by atoms with Crippen molar-refractivity contribution in [3.05, 3.63) is 53.6 Å². The van der Waals surface area contributed by atoms with Gasteiger partial charge in [0.15, 0.2) is 0 Å². The molecular weight excluding hydrogens is 202 g/mol. The third kappa shape index (κ3) is 1.18. The lowest BCUT2D eigenvalue weighted by Crippen LogP contribution is -2.28. The number of nitrogens with one attached hydrogen (secondary N) is 1. The highest BCUT2D eigenvalue weighted by atomic mass is 16.4. The lowest BCUT2D eigenvalue weighted by Gasteiger charge is -2.20. The maximum absolute atomic E-state index is 11.1. The van der Waals surface area contributed by atoms with E-state index in [0.29, 0.717) is 5.57 Å². The molecule has 0 aromatic heterocycles. The monoisotopic (exact) mass is 213 g/mol. The third-order valence-corrected chi connectivity index (χ3v) is 3.17. The Morgan fingerprint density at radius 3 is 2.94 bits per heavy atom. The largest absolute Gasteiger partial charge is 0.478 e. The normalized spacial score (nSPS) is 25.4. The van der Waals surface area contributed by atoms with Crippen molar-refractivity contribution in [2.45, 2.75) is 12.0 Å². The molecule has 16 heavy (non-hydrogen) atoms. The van der Waals surface area contributed by atoms with E-state index in [1.54, 1.807) is 6.08 Å². The summed E-state index contributed by atoms with van der Waals surface area (Å²) < 4.78 is 0. The van der Waals surface area contributed by atoms with Crippen LogP contribution in [0.3, 0.4) is 0 Å². The highest BCUT2D eigenvalue weighted by Gasteiger charge is 2.36. The van der Waals surface area contributed by atoms with Crippen LogP contribution in [0.1, 0.15) is 11.5 Å². The topological polar surface area (TPSA) is 49.3 Å². The van der Waals surface area contributed by atoms with Crippen molar-refractivity contribution >= 4 is 11.7 Å². The van der Waals surface area contributed by atoms with Crippen LogP contribution in [0.4, 0.5) is 5.69 Å². The van der Waals surface area contributed by atoms with Crippen molar-refractivity contribution in [2.75, 3.05) is 5.32 Å². The molecule has 0 saturated heterocycles. The zero-order valence-electron chi connectivity index (χ0n) is 8.55. The molecule has 3 rings (SSSR count). The third-order valence-electron chi connectivity index (χ3n) is 3.17. The highest BCUT2D eigenvalue weighted by Crippen LogP contribution is 2.41. The molecule has 1 aliphatic carbocycles. The molecule has 3 heteroatoms. The molecule has 1 aliphatic heterocycles. The first-order chi connectivity index (χ1) is 7.77. The van der Waals surface area contributed by atoms with Crippen molar-refractivity contribution in [3.8, 4) is 0 Å². The number of anilines is 1. The number of aliphatic carboxylic acids is 1. The van der Waals surface area contributed by atoms with Gasteiger partial charge in [-0.3, -0.25) is 0 Å². The van der Waals surface area contributed by atoms with Gasteiger partial charge >= 0.3 is 5.97 Å². The van der Waals surface area contributed by atoms with Gasteiger partial charge in [-0.25, -0.2) is 4.79 Å². The van der Waals surface area contributed by atoms with Crippen LogP contribution in [0.15, 0.2) is 48.1 Å². The molecule has 0 spiro atoms. The lowest BCUT2D eigenvalue weighted by atomic mass is 9.87. The van der Waals surface area contributed by atoms with E-state index in [-0.39, 0.29) is 12.0 Å². The zero-order valence-corrected chi connectivity index (χ0v) is 8.55. The number of hydrogen-bond donors (Lipinski definition) is 2. The Morgan fingerprint density at radius 1 is 1.31 bits per heavy atom. The van der Waals surface area contributed by atoms with E-state index in [1.807, 2.05) is 30.3 Å². The fraction of sp³-hybridized carbons (Fsp3) is 0.154. The van der Waals surface area contributed by atoms with Crippen LogP contribution >= 0.6 is 0 Å². The number of hydrogen-bond acceptors (Lipinski definition) is 2. The van der Waals surface area contributed by atoms with E-state index >= 15 is 0 Å². The van der Waals surface area contributed by atoms with Crippen LogP contribution < -0.4 is 5.32 Å². The quantitative estimate of drug-likeness (QED) is 0.751. The minimum absolute atomic E-state index is 0.125. The van der Waals surface area contributed by atoms with E-state index in [0.717, 1.165) is 5.69 Å². The summed E-state index contributed by atoms with van der Waals surface area (Å²) >= 11 is 0. The fourth-order valence-electron chi connectivity index (χ4n) is 2.43. The summed E-state index contributed by atoms with van der Waals surface area (Å²) in [6.45, 7) is 0. The first kappa shape index (κ1) is 9.21. The predicted octanol–water partition coefficient (Wildman–Crippen LogP) is 2.15. The Labute approximate surface area is 93.1 Å². The van der Waals surface area contributed by atoms with Gasteiger partial charge in [-0.2, -0.15) is 0 Å². The second-order valence-corrected chi connectivity index (χ2v) is 4.05. The summed E-state index contributed by atoms with van der Waals surface area (Å²) in [5.74, 6) is -0.702. The number of carbonyl (C=O) groups is 1. The number of rotatable bonds is 1. The van der Waals surface area contributed by atoms with Gasteiger partial charge in [0.05, 0.1) is 11.6 Å². The summed E-state index contributed by atoms with van der Waals surface area (Å²) in [7, 11) is 0. The Balaban J connectivity index is 2.06. The van der Waals surface area contributed by atoms with Crippen molar-refractivity contribution in [3.63, 3.8) is 0 Å². The maximum Gasteiger partial charge on any atom is 0.333 e. The lowest BCUT2D eigenvalue weighted by molar-refractivity contribution is -0.132. The standard InChI is InChI=1S/C13H11NO2/c15-13(16)10-6-3-5-9-8-4-1-2-7-11(8)14-12(9)10/h1-7,9,12,14H,(H,15,16). The first-order valence-electron chi connectivity index (χ1n) is 5.24. The number of carboxylic acid groups (broad SMARTS) is 1. The van der Waals surface area contributed by atoms with Crippen LogP contribution in [0, 0.1) is 0 Å². The van der Waals surface area contributed by atoms with E-state index in [9.17, 15) is 4.79 Å². The second-order valence-electron chi connectivity index (χ2n) is 4.05. The van der Waals surface area contributed by atoms with Crippen LogP contribution in [-0.4, -0.2) is 17.1 Å². The molecule has 80 valence electrons. The van der Waals surface area contributed by atoms with Crippen LogP contribution in [-0.2, 0) is 4.79 Å². The molecular formula is C13H11NO2. The number of benzene rings is 1. The molecule has 0 radical (unpaired) electrons. The molecule has 2 atom stereocenters. The minimum Gasteiger partial charge on any atom is -0.478 e. The average Bonchev–Trinajstić information content (AvgIpc) is 2.67. The highest BCUT2D eigenvalue weighted by molar-refractivity contribution is 5.91. The number of allylic oxidation sites excluding steroid dienone is 2. The predicted molar refractivity (Wildman–Crippen MR) is 61.5 cm³/mol. The van der Waals surface area contributed by atoms with Crippen molar-refractivity contribution in [1.82, 2.24) is 0 Å². The number of carboxylic acids is 1. The molecule has 2 aliphatic rings. The number of fused-ring (bicyclic) bond motifs is 3. The summed E-state index contributed by atoms with van der Waals surface area (Å²) in [6, 6.07) is 7.84. The minimum atomic E-state index is -0.848. The Bertz CT molecular complexity index is 516.